The van der Waals surface area contributed by atoms with Crippen molar-refractivity contribution in [2.45, 2.75) is 12.5 Å². The maximum atomic E-state index is 13.1. The average molecular weight is 435 g/mol. The number of benzene rings is 2. The number of hydrogen-bond acceptors (Lipinski definition) is 2. The lowest BCUT2D eigenvalue weighted by Crippen LogP contribution is -2.29. The van der Waals surface area contributed by atoms with Crippen LogP contribution in [0.2, 0.25) is 0 Å². The highest BCUT2D eigenvalue weighted by Crippen LogP contribution is 2.24. The first-order valence-corrected chi connectivity index (χ1v) is 7.63. The van der Waals surface area contributed by atoms with Gasteiger partial charge in [0.25, 0.3) is 0 Å². The van der Waals surface area contributed by atoms with E-state index in [-0.39, 0.29) is 11.9 Å². The summed E-state index contributed by atoms with van der Waals surface area (Å²) in [4.78, 5) is 0. The smallest absolute Gasteiger partial charge is 0.124 e. The van der Waals surface area contributed by atoms with Crippen LogP contribution in [0.5, 0.6) is 0 Å². The van der Waals surface area contributed by atoms with Gasteiger partial charge in [-0.15, -0.1) is 0 Å². The van der Waals surface area contributed by atoms with E-state index in [1.54, 1.807) is 6.07 Å². The van der Waals surface area contributed by atoms with Gasteiger partial charge in [0.2, 0.25) is 0 Å². The van der Waals surface area contributed by atoms with Gasteiger partial charge in [0, 0.05) is 8.04 Å². The van der Waals surface area contributed by atoms with Gasteiger partial charge in [-0.25, -0.2) is 4.39 Å². The van der Waals surface area contributed by atoms with E-state index in [4.69, 9.17) is 5.84 Å². The molecule has 1 unspecified atom stereocenters. The Kier molecular flexibility index (Phi) is 5.32. The molecule has 19 heavy (non-hydrogen) atoms. The molecular weight excluding hydrogens is 422 g/mol. The molecule has 0 aromatic heterocycles. The maximum Gasteiger partial charge on any atom is 0.124 e. The zero-order valence-electron chi connectivity index (χ0n) is 10.0. The molecule has 0 amide bonds. The van der Waals surface area contributed by atoms with Gasteiger partial charge < -0.3 is 0 Å². The summed E-state index contributed by atoms with van der Waals surface area (Å²) in [5, 5.41) is 0. The number of nitrogens with one attached hydrogen (secondary N) is 1. The molecule has 0 fully saturated rings. The van der Waals surface area contributed by atoms with Crippen LogP contribution in [0, 0.1) is 9.39 Å². The molecule has 0 saturated heterocycles. The van der Waals surface area contributed by atoms with Crippen molar-refractivity contribution >= 4 is 38.5 Å². The summed E-state index contributed by atoms with van der Waals surface area (Å²) in [6.07, 6.45) is 0.692. The number of nitrogens with two attached hydrogens (primary N) is 1. The molecule has 0 aliphatic heterocycles. The number of halogens is 3. The Morgan fingerprint density at radius 1 is 1.21 bits per heavy atom. The summed E-state index contributed by atoms with van der Waals surface area (Å²) >= 11 is 5.64. The third-order valence-electron chi connectivity index (χ3n) is 2.91. The minimum Gasteiger partial charge on any atom is -0.271 e. The van der Waals surface area contributed by atoms with E-state index in [2.05, 4.69) is 43.9 Å². The molecule has 1 atom stereocenters. The van der Waals surface area contributed by atoms with Crippen molar-refractivity contribution in [1.29, 1.82) is 0 Å². The molecule has 100 valence electrons. The van der Waals surface area contributed by atoms with Crippen molar-refractivity contribution in [3.63, 3.8) is 0 Å². The van der Waals surface area contributed by atoms with Gasteiger partial charge in [-0.05, 0) is 64.4 Å². The normalized spacial score (nSPS) is 12.4. The second-order valence-electron chi connectivity index (χ2n) is 4.21. The van der Waals surface area contributed by atoms with E-state index in [9.17, 15) is 4.39 Å². The summed E-state index contributed by atoms with van der Waals surface area (Å²) in [5.74, 6) is 5.38. The third kappa shape index (κ3) is 3.98. The van der Waals surface area contributed by atoms with Gasteiger partial charge in [-0.2, -0.15) is 0 Å². The average Bonchev–Trinajstić information content (AvgIpc) is 2.39. The van der Waals surface area contributed by atoms with Gasteiger partial charge in [-0.1, -0.05) is 34.1 Å². The number of rotatable bonds is 4. The van der Waals surface area contributed by atoms with E-state index in [0.29, 0.717) is 6.42 Å². The van der Waals surface area contributed by atoms with Crippen molar-refractivity contribution in [3.05, 3.63) is 67.5 Å². The Morgan fingerprint density at radius 2 is 1.89 bits per heavy atom. The summed E-state index contributed by atoms with van der Waals surface area (Å²) < 4.78 is 15.0. The Bertz CT molecular complexity index is 560. The quantitative estimate of drug-likeness (QED) is 0.434. The fourth-order valence-corrected chi connectivity index (χ4v) is 2.75. The molecule has 3 N–H and O–H groups in total. The zero-order valence-corrected chi connectivity index (χ0v) is 13.8. The maximum absolute atomic E-state index is 13.1. The van der Waals surface area contributed by atoms with E-state index >= 15 is 0 Å². The molecule has 2 aromatic carbocycles. The topological polar surface area (TPSA) is 38.0 Å². The zero-order chi connectivity index (χ0) is 13.8. The SMILES string of the molecule is NNC(Cc1ccc(F)cc1Br)c1ccc(I)cc1. The van der Waals surface area contributed by atoms with Crippen molar-refractivity contribution < 1.29 is 4.39 Å². The Hall–Kier alpha value is -0.500. The minimum absolute atomic E-state index is 0.00115. The molecule has 0 heterocycles. The summed E-state index contributed by atoms with van der Waals surface area (Å²) in [7, 11) is 0. The number of hydrogen-bond donors (Lipinski definition) is 2. The van der Waals surface area contributed by atoms with E-state index in [0.717, 1.165) is 15.6 Å². The largest absolute Gasteiger partial charge is 0.271 e. The highest BCUT2D eigenvalue weighted by atomic mass is 127. The standard InChI is InChI=1S/C14H13BrFIN2/c15-13-8-11(16)4-1-10(13)7-14(19-18)9-2-5-12(17)6-3-9/h1-6,8,14,19H,7,18H2. The van der Waals surface area contributed by atoms with Gasteiger partial charge in [0.1, 0.15) is 5.82 Å². The lowest BCUT2D eigenvalue weighted by atomic mass is 9.99. The molecular formula is C14H13BrFIN2. The molecule has 2 aromatic rings. The van der Waals surface area contributed by atoms with Crippen LogP contribution in [0.3, 0.4) is 0 Å². The first kappa shape index (κ1) is 14.9. The van der Waals surface area contributed by atoms with Crippen LogP contribution in [-0.2, 0) is 6.42 Å². The van der Waals surface area contributed by atoms with Gasteiger partial charge in [-0.3, -0.25) is 11.3 Å². The predicted octanol–water partition coefficient (Wildman–Crippen LogP) is 3.94. The van der Waals surface area contributed by atoms with E-state index < -0.39 is 0 Å². The Labute approximate surface area is 133 Å². The highest BCUT2D eigenvalue weighted by Gasteiger charge is 2.12. The van der Waals surface area contributed by atoms with Crippen molar-refractivity contribution in [1.82, 2.24) is 5.43 Å². The first-order chi connectivity index (χ1) is 9.10. The summed E-state index contributed by atoms with van der Waals surface area (Å²) in [6.45, 7) is 0. The molecule has 0 aliphatic carbocycles. The van der Waals surface area contributed by atoms with E-state index in [1.807, 2.05) is 24.3 Å². The fourth-order valence-electron chi connectivity index (χ4n) is 1.88. The van der Waals surface area contributed by atoms with Crippen LogP contribution in [0.4, 0.5) is 4.39 Å². The highest BCUT2D eigenvalue weighted by molar-refractivity contribution is 14.1. The van der Waals surface area contributed by atoms with Crippen LogP contribution in [0.15, 0.2) is 46.9 Å². The molecule has 0 aliphatic rings. The third-order valence-corrected chi connectivity index (χ3v) is 4.37. The van der Waals surface area contributed by atoms with Gasteiger partial charge in [0.05, 0.1) is 6.04 Å². The van der Waals surface area contributed by atoms with Crippen LogP contribution in [-0.4, -0.2) is 0 Å². The van der Waals surface area contributed by atoms with Crippen LogP contribution in [0.25, 0.3) is 0 Å². The lowest BCUT2D eigenvalue weighted by Gasteiger charge is -2.17. The molecule has 0 saturated carbocycles. The van der Waals surface area contributed by atoms with Crippen molar-refractivity contribution in [2.24, 2.45) is 5.84 Å². The number of hydrazine groups is 1. The first-order valence-electron chi connectivity index (χ1n) is 5.75. The minimum atomic E-state index is -0.248. The fraction of sp³-hybridized carbons (Fsp3) is 0.143. The van der Waals surface area contributed by atoms with Crippen LogP contribution >= 0.6 is 38.5 Å². The molecule has 0 bridgehead atoms. The van der Waals surface area contributed by atoms with Crippen LogP contribution < -0.4 is 11.3 Å². The summed E-state index contributed by atoms with van der Waals surface area (Å²) in [5.41, 5.74) is 4.94. The molecule has 2 nitrogen and oxygen atoms in total. The molecule has 0 radical (unpaired) electrons. The Balaban J connectivity index is 2.21. The molecule has 0 spiro atoms. The molecule has 5 heteroatoms. The Morgan fingerprint density at radius 3 is 2.47 bits per heavy atom. The van der Waals surface area contributed by atoms with Gasteiger partial charge >= 0.3 is 0 Å². The summed E-state index contributed by atoms with van der Waals surface area (Å²) in [6, 6.07) is 12.9. The second-order valence-corrected chi connectivity index (χ2v) is 6.31. The molecule has 2 rings (SSSR count). The predicted molar refractivity (Wildman–Crippen MR) is 87.0 cm³/mol. The monoisotopic (exact) mass is 434 g/mol. The lowest BCUT2D eigenvalue weighted by molar-refractivity contribution is 0.549. The second kappa shape index (κ2) is 6.78. The van der Waals surface area contributed by atoms with Crippen LogP contribution in [0.1, 0.15) is 17.2 Å². The van der Waals surface area contributed by atoms with Gasteiger partial charge in [0.15, 0.2) is 0 Å². The van der Waals surface area contributed by atoms with Crippen molar-refractivity contribution in [2.75, 3.05) is 0 Å². The van der Waals surface area contributed by atoms with Crippen molar-refractivity contribution in [3.8, 4) is 0 Å². The van der Waals surface area contributed by atoms with E-state index in [1.165, 1.54) is 15.7 Å².